The largest absolute Gasteiger partial charge is 0.0622 e. The molecule has 0 radical (unpaired) electrons. The van der Waals surface area contributed by atoms with Crippen molar-refractivity contribution in [1.82, 2.24) is 0 Å². The lowest BCUT2D eigenvalue weighted by Gasteiger charge is -2.22. The first-order valence-electron chi connectivity index (χ1n) is 18.0. The van der Waals surface area contributed by atoms with Gasteiger partial charge in [-0.2, -0.15) is 0 Å². The standard InChI is InChI=1S/C52H34/c1-3-15-35(16-4-1)37-27-31-39(32-28-37)49-41-19-7-11-23-45(41)51(46-24-12-8-20-42(46)49)52-47-25-13-9-21-43(47)50(44-22-10-14-26-48(44)52)40-33-29-38(30-34-40)36-17-5-2-6-18-36/h1-34H. The fraction of sp³-hybridized carbons (Fsp3) is 0. The summed E-state index contributed by atoms with van der Waals surface area (Å²) >= 11 is 0. The van der Waals surface area contributed by atoms with E-state index >= 15 is 0 Å². The van der Waals surface area contributed by atoms with Crippen LogP contribution in [0, 0.1) is 0 Å². The minimum atomic E-state index is 1.22. The summed E-state index contributed by atoms with van der Waals surface area (Å²) in [6.07, 6.45) is 0. The van der Waals surface area contributed by atoms with Crippen molar-refractivity contribution in [3.63, 3.8) is 0 Å². The van der Waals surface area contributed by atoms with Crippen LogP contribution in [0.1, 0.15) is 0 Å². The molecule has 0 unspecified atom stereocenters. The minimum Gasteiger partial charge on any atom is -0.0622 e. The lowest BCUT2D eigenvalue weighted by atomic mass is 9.81. The highest BCUT2D eigenvalue weighted by Gasteiger charge is 2.22. The van der Waals surface area contributed by atoms with Gasteiger partial charge in [-0.1, -0.05) is 206 Å². The molecule has 0 heteroatoms. The fourth-order valence-electron chi connectivity index (χ4n) is 8.34. The van der Waals surface area contributed by atoms with Gasteiger partial charge >= 0.3 is 0 Å². The van der Waals surface area contributed by atoms with Gasteiger partial charge in [-0.3, -0.25) is 0 Å². The number of benzene rings is 10. The van der Waals surface area contributed by atoms with E-state index in [9.17, 15) is 0 Å². The average Bonchev–Trinajstić information content (AvgIpc) is 3.23. The van der Waals surface area contributed by atoms with Crippen LogP contribution in [-0.2, 0) is 0 Å². The molecule has 0 aliphatic carbocycles. The van der Waals surface area contributed by atoms with Gasteiger partial charge in [-0.25, -0.2) is 0 Å². The molecule has 0 aromatic heterocycles. The molecule has 242 valence electrons. The van der Waals surface area contributed by atoms with E-state index in [1.54, 1.807) is 0 Å². The van der Waals surface area contributed by atoms with Crippen LogP contribution in [0.3, 0.4) is 0 Å². The second kappa shape index (κ2) is 12.5. The molecular formula is C52H34. The summed E-state index contributed by atoms with van der Waals surface area (Å²) < 4.78 is 0. The predicted octanol–water partition coefficient (Wildman–Crippen LogP) is 14.6. The maximum absolute atomic E-state index is 2.32. The van der Waals surface area contributed by atoms with Crippen LogP contribution in [0.15, 0.2) is 206 Å². The van der Waals surface area contributed by atoms with E-state index in [2.05, 4.69) is 206 Å². The van der Waals surface area contributed by atoms with E-state index in [1.807, 2.05) is 0 Å². The van der Waals surface area contributed by atoms with E-state index in [4.69, 9.17) is 0 Å². The van der Waals surface area contributed by atoms with Crippen molar-refractivity contribution in [3.8, 4) is 55.6 Å². The lowest BCUT2D eigenvalue weighted by Crippen LogP contribution is -1.94. The van der Waals surface area contributed by atoms with Crippen LogP contribution in [0.5, 0.6) is 0 Å². The first-order chi connectivity index (χ1) is 25.8. The van der Waals surface area contributed by atoms with Gasteiger partial charge in [0.1, 0.15) is 0 Å². The van der Waals surface area contributed by atoms with Crippen molar-refractivity contribution in [2.75, 3.05) is 0 Å². The first-order valence-corrected chi connectivity index (χ1v) is 18.0. The summed E-state index contributed by atoms with van der Waals surface area (Å²) in [5.41, 5.74) is 12.5. The molecule has 0 saturated heterocycles. The SMILES string of the molecule is c1ccc(-c2ccc(-c3c4ccccc4c(-c4c5ccccc5c(-c5ccc(-c6ccccc6)cc5)c5ccccc45)c4ccccc34)cc2)cc1. The summed E-state index contributed by atoms with van der Waals surface area (Å²) in [5.74, 6) is 0. The predicted molar refractivity (Wildman–Crippen MR) is 224 cm³/mol. The van der Waals surface area contributed by atoms with Gasteiger partial charge in [0.05, 0.1) is 0 Å². The number of hydrogen-bond acceptors (Lipinski definition) is 0. The van der Waals surface area contributed by atoms with Crippen LogP contribution in [-0.4, -0.2) is 0 Å². The van der Waals surface area contributed by atoms with E-state index < -0.39 is 0 Å². The molecule has 0 N–H and O–H groups in total. The number of hydrogen-bond donors (Lipinski definition) is 0. The van der Waals surface area contributed by atoms with E-state index in [0.717, 1.165) is 0 Å². The number of fused-ring (bicyclic) bond motifs is 4. The summed E-state index contributed by atoms with van der Waals surface area (Å²) in [6.45, 7) is 0. The van der Waals surface area contributed by atoms with E-state index in [0.29, 0.717) is 0 Å². The third kappa shape index (κ3) is 4.92. The summed E-state index contributed by atoms with van der Waals surface area (Å²) in [5, 5.41) is 10.1. The molecule has 0 fully saturated rings. The zero-order valence-electron chi connectivity index (χ0n) is 28.6. The van der Waals surface area contributed by atoms with Gasteiger partial charge in [0.25, 0.3) is 0 Å². The molecule has 52 heavy (non-hydrogen) atoms. The summed E-state index contributed by atoms with van der Waals surface area (Å²) in [4.78, 5) is 0. The molecule has 0 saturated carbocycles. The van der Waals surface area contributed by atoms with Gasteiger partial charge in [0, 0.05) is 0 Å². The van der Waals surface area contributed by atoms with Gasteiger partial charge in [-0.05, 0) is 98.7 Å². The highest BCUT2D eigenvalue weighted by molar-refractivity contribution is 6.30. The van der Waals surface area contributed by atoms with Crippen LogP contribution in [0.2, 0.25) is 0 Å². The molecule has 0 bridgehead atoms. The molecule has 0 aliphatic rings. The zero-order chi connectivity index (χ0) is 34.4. The molecule has 10 rings (SSSR count). The molecule has 10 aromatic rings. The molecule has 0 spiro atoms. The van der Waals surface area contributed by atoms with Crippen molar-refractivity contribution in [2.45, 2.75) is 0 Å². The molecule has 0 aliphatic heterocycles. The van der Waals surface area contributed by atoms with Crippen LogP contribution in [0.4, 0.5) is 0 Å². The normalized spacial score (nSPS) is 11.5. The van der Waals surface area contributed by atoms with Crippen molar-refractivity contribution >= 4 is 43.1 Å². The third-order valence-corrected chi connectivity index (χ3v) is 10.7. The Labute approximate surface area is 303 Å². The van der Waals surface area contributed by atoms with Crippen LogP contribution >= 0.6 is 0 Å². The fourth-order valence-corrected chi connectivity index (χ4v) is 8.34. The van der Waals surface area contributed by atoms with Crippen molar-refractivity contribution in [1.29, 1.82) is 0 Å². The molecule has 0 heterocycles. The monoisotopic (exact) mass is 658 g/mol. The van der Waals surface area contributed by atoms with E-state index in [-0.39, 0.29) is 0 Å². The zero-order valence-corrected chi connectivity index (χ0v) is 28.6. The molecule has 0 atom stereocenters. The Balaban J connectivity index is 1.25. The molecule has 0 amide bonds. The first kappa shape index (κ1) is 30.1. The van der Waals surface area contributed by atoms with Crippen molar-refractivity contribution in [3.05, 3.63) is 206 Å². The second-order valence-electron chi connectivity index (χ2n) is 13.6. The number of rotatable bonds is 5. The lowest BCUT2D eigenvalue weighted by molar-refractivity contribution is 1.61. The van der Waals surface area contributed by atoms with Crippen molar-refractivity contribution < 1.29 is 0 Å². The van der Waals surface area contributed by atoms with Gasteiger partial charge in [0.2, 0.25) is 0 Å². The Bertz CT molecular complexity index is 2580. The Hall–Kier alpha value is -6.76. The quantitative estimate of drug-likeness (QED) is 0.161. The minimum absolute atomic E-state index is 1.22. The maximum Gasteiger partial charge on any atom is -0.00139 e. The highest BCUT2D eigenvalue weighted by Crippen LogP contribution is 2.50. The van der Waals surface area contributed by atoms with Gasteiger partial charge in [-0.15, -0.1) is 0 Å². The van der Waals surface area contributed by atoms with Crippen molar-refractivity contribution in [2.24, 2.45) is 0 Å². The van der Waals surface area contributed by atoms with Gasteiger partial charge in [0.15, 0.2) is 0 Å². The Morgan fingerprint density at radius 3 is 0.596 bits per heavy atom. The third-order valence-electron chi connectivity index (χ3n) is 10.7. The highest BCUT2D eigenvalue weighted by atomic mass is 14.2. The topological polar surface area (TPSA) is 0 Å². The maximum atomic E-state index is 2.32. The molecule has 0 nitrogen and oxygen atoms in total. The Morgan fingerprint density at radius 2 is 0.327 bits per heavy atom. The molecule has 10 aromatic carbocycles. The summed E-state index contributed by atoms with van der Waals surface area (Å²) in [6, 6.07) is 75.4. The summed E-state index contributed by atoms with van der Waals surface area (Å²) in [7, 11) is 0. The average molecular weight is 659 g/mol. The Kier molecular flexibility index (Phi) is 7.25. The Morgan fingerprint density at radius 1 is 0.135 bits per heavy atom. The van der Waals surface area contributed by atoms with Crippen LogP contribution < -0.4 is 0 Å². The van der Waals surface area contributed by atoms with E-state index in [1.165, 1.54) is 98.7 Å². The smallest absolute Gasteiger partial charge is 0.00139 e. The molecular weight excluding hydrogens is 625 g/mol. The second-order valence-corrected chi connectivity index (χ2v) is 13.6. The van der Waals surface area contributed by atoms with Crippen LogP contribution in [0.25, 0.3) is 98.7 Å². The van der Waals surface area contributed by atoms with Gasteiger partial charge < -0.3 is 0 Å².